The lowest BCUT2D eigenvalue weighted by molar-refractivity contribution is -0.113. The van der Waals surface area contributed by atoms with Crippen LogP contribution in [0.3, 0.4) is 0 Å². The van der Waals surface area contributed by atoms with Gasteiger partial charge in [0.25, 0.3) is 11.1 Å². The van der Waals surface area contributed by atoms with Gasteiger partial charge in [-0.2, -0.15) is 0 Å². The number of aromatic nitrogens is 1. The predicted molar refractivity (Wildman–Crippen MR) is 102 cm³/mol. The second-order valence-corrected chi connectivity index (χ2v) is 7.12. The van der Waals surface area contributed by atoms with Crippen LogP contribution in [0.1, 0.15) is 11.1 Å². The number of amides is 2. The Morgan fingerprint density at radius 1 is 1.08 bits per heavy atom. The van der Waals surface area contributed by atoms with Gasteiger partial charge in [-0.05, 0) is 42.4 Å². The first-order chi connectivity index (χ1) is 12.0. The Labute approximate surface area is 149 Å². The fraction of sp³-hybridized carbons (Fsp3) is 0.100. The topological polar surface area (TPSA) is 42.3 Å². The van der Waals surface area contributed by atoms with Gasteiger partial charge in [0, 0.05) is 18.1 Å². The molecule has 3 aromatic rings. The zero-order valence-electron chi connectivity index (χ0n) is 13.7. The highest BCUT2D eigenvalue weighted by Gasteiger charge is 2.36. The van der Waals surface area contributed by atoms with E-state index >= 15 is 0 Å². The monoisotopic (exact) mass is 348 g/mol. The fourth-order valence-corrected chi connectivity index (χ4v) is 3.82. The van der Waals surface area contributed by atoms with Crippen LogP contribution in [-0.4, -0.2) is 15.7 Å². The Morgan fingerprint density at radius 3 is 2.60 bits per heavy atom. The van der Waals surface area contributed by atoms with Crippen molar-refractivity contribution in [3.63, 3.8) is 0 Å². The Hall–Kier alpha value is -2.79. The molecule has 0 bridgehead atoms. The molecule has 0 spiro atoms. The summed E-state index contributed by atoms with van der Waals surface area (Å²) < 4.78 is 2.13. The van der Waals surface area contributed by atoms with Gasteiger partial charge >= 0.3 is 0 Å². The van der Waals surface area contributed by atoms with Gasteiger partial charge in [0.1, 0.15) is 0 Å². The summed E-state index contributed by atoms with van der Waals surface area (Å²) in [6, 6.07) is 16.0. The number of thioether (sulfide) groups is 1. The summed E-state index contributed by atoms with van der Waals surface area (Å²) in [6.07, 6.45) is 1.99. The molecule has 124 valence electrons. The third kappa shape index (κ3) is 2.66. The molecule has 2 heterocycles. The van der Waals surface area contributed by atoms with Crippen LogP contribution in [0.15, 0.2) is 66.2 Å². The lowest BCUT2D eigenvalue weighted by Gasteiger charge is -2.14. The smallest absolute Gasteiger partial charge is 0.298 e. The molecule has 1 saturated heterocycles. The average Bonchev–Trinajstić information content (AvgIpc) is 3.09. The van der Waals surface area contributed by atoms with E-state index in [1.807, 2.05) is 30.5 Å². The van der Waals surface area contributed by atoms with E-state index in [1.54, 1.807) is 6.07 Å². The van der Waals surface area contributed by atoms with Crippen LogP contribution in [0, 0.1) is 6.92 Å². The first kappa shape index (κ1) is 15.7. The zero-order valence-corrected chi connectivity index (χ0v) is 14.5. The molecule has 5 heteroatoms. The van der Waals surface area contributed by atoms with E-state index in [1.165, 1.54) is 16.0 Å². The lowest BCUT2D eigenvalue weighted by atomic mass is 10.1. The summed E-state index contributed by atoms with van der Waals surface area (Å²) in [7, 11) is 0. The highest BCUT2D eigenvalue weighted by atomic mass is 32.2. The van der Waals surface area contributed by atoms with Gasteiger partial charge in [-0.1, -0.05) is 42.5 Å². The highest BCUT2D eigenvalue weighted by molar-refractivity contribution is 8.18. The van der Waals surface area contributed by atoms with E-state index in [9.17, 15) is 9.59 Å². The van der Waals surface area contributed by atoms with E-state index < -0.39 is 0 Å². The normalized spacial score (nSPS) is 14.8. The highest BCUT2D eigenvalue weighted by Crippen LogP contribution is 2.37. The van der Waals surface area contributed by atoms with Crippen LogP contribution in [-0.2, 0) is 11.3 Å². The number of hydrogen-bond acceptors (Lipinski definition) is 3. The summed E-state index contributed by atoms with van der Waals surface area (Å²) in [5.41, 5.74) is 4.03. The average molecular weight is 348 g/mol. The van der Waals surface area contributed by atoms with Gasteiger partial charge in [-0.15, -0.1) is 0 Å². The maximum absolute atomic E-state index is 12.3. The second-order valence-electron chi connectivity index (χ2n) is 6.07. The molecule has 25 heavy (non-hydrogen) atoms. The van der Waals surface area contributed by atoms with Crippen LogP contribution in [0.5, 0.6) is 0 Å². The number of hydrogen-bond donors (Lipinski definition) is 0. The Kier molecular flexibility index (Phi) is 3.73. The third-order valence-electron chi connectivity index (χ3n) is 4.30. The number of fused-ring (bicyclic) bond motifs is 1. The summed E-state index contributed by atoms with van der Waals surface area (Å²) >= 11 is 0.887. The predicted octanol–water partition coefficient (Wildman–Crippen LogP) is 4.71. The lowest BCUT2D eigenvalue weighted by Crippen LogP contribution is -2.27. The minimum absolute atomic E-state index is 0.265. The number of benzene rings is 2. The van der Waals surface area contributed by atoms with E-state index in [0.29, 0.717) is 5.69 Å². The number of carbonyl (C=O) groups excluding carboxylic acids is 2. The van der Waals surface area contributed by atoms with Crippen molar-refractivity contribution in [2.75, 3.05) is 4.90 Å². The number of imide groups is 1. The Morgan fingerprint density at radius 2 is 1.88 bits per heavy atom. The Balaban J connectivity index is 1.77. The maximum Gasteiger partial charge on any atom is 0.298 e. The first-order valence-electron chi connectivity index (χ1n) is 7.93. The molecule has 0 N–H and O–H groups in total. The molecule has 2 aromatic carbocycles. The van der Waals surface area contributed by atoms with Crippen molar-refractivity contribution in [1.29, 1.82) is 0 Å². The fourth-order valence-electron chi connectivity index (χ4n) is 3.16. The molecular weight excluding hydrogens is 332 g/mol. The van der Waals surface area contributed by atoms with Crippen LogP contribution >= 0.6 is 11.8 Å². The van der Waals surface area contributed by atoms with Crippen LogP contribution in [0.2, 0.25) is 0 Å². The van der Waals surface area contributed by atoms with Crippen molar-refractivity contribution >= 4 is 39.5 Å². The standard InChI is InChI=1S/C20H16N2O2S/c1-13-5-3-6-15(11-13)12-21-10-9-16-17(21)7-4-8-18(16)22-19(23)14(2)25-20(22)24/h3-11H,2,12H2,1H3. The summed E-state index contributed by atoms with van der Waals surface area (Å²) in [4.78, 5) is 25.9. The zero-order chi connectivity index (χ0) is 17.6. The van der Waals surface area contributed by atoms with Crippen molar-refractivity contribution in [2.24, 2.45) is 0 Å². The van der Waals surface area contributed by atoms with Crippen molar-refractivity contribution in [3.8, 4) is 0 Å². The van der Waals surface area contributed by atoms with Crippen molar-refractivity contribution < 1.29 is 9.59 Å². The molecule has 2 amide bonds. The Bertz CT molecular complexity index is 1040. The largest absolute Gasteiger partial charge is 0.343 e. The van der Waals surface area contributed by atoms with Gasteiger partial charge in [0.2, 0.25) is 0 Å². The molecule has 0 saturated carbocycles. The SMILES string of the molecule is C=C1SC(=O)N(c2cccc3c2ccn3Cc2cccc(C)c2)C1=O. The number of rotatable bonds is 3. The van der Waals surface area contributed by atoms with Crippen molar-refractivity contribution in [3.05, 3.63) is 77.3 Å². The van der Waals surface area contributed by atoms with Crippen molar-refractivity contribution in [1.82, 2.24) is 4.57 Å². The molecular formula is C20H16N2O2S. The van der Waals surface area contributed by atoms with Gasteiger partial charge < -0.3 is 4.57 Å². The molecule has 0 aliphatic carbocycles. The van der Waals surface area contributed by atoms with Crippen LogP contribution in [0.4, 0.5) is 10.5 Å². The number of aryl methyl sites for hydroxylation is 1. The van der Waals surface area contributed by atoms with E-state index in [2.05, 4.69) is 36.3 Å². The molecule has 4 rings (SSSR count). The number of carbonyl (C=O) groups is 2. The molecule has 1 aliphatic rings. The molecule has 0 radical (unpaired) electrons. The van der Waals surface area contributed by atoms with Gasteiger partial charge in [-0.3, -0.25) is 9.59 Å². The first-order valence-corrected chi connectivity index (χ1v) is 8.75. The summed E-state index contributed by atoms with van der Waals surface area (Å²) in [5.74, 6) is -0.339. The molecule has 1 aliphatic heterocycles. The van der Waals surface area contributed by atoms with Crippen molar-refractivity contribution in [2.45, 2.75) is 13.5 Å². The van der Waals surface area contributed by atoms with Gasteiger partial charge in [0.15, 0.2) is 0 Å². The van der Waals surface area contributed by atoms with E-state index in [4.69, 9.17) is 0 Å². The van der Waals surface area contributed by atoms with E-state index in [0.717, 1.165) is 29.2 Å². The molecule has 1 fully saturated rings. The maximum atomic E-state index is 12.3. The summed E-state index contributed by atoms with van der Waals surface area (Å²) in [6.45, 7) is 6.46. The molecule has 0 unspecified atom stereocenters. The number of anilines is 1. The van der Waals surface area contributed by atoms with Crippen LogP contribution < -0.4 is 4.90 Å². The van der Waals surface area contributed by atoms with Gasteiger partial charge in [0.05, 0.1) is 16.1 Å². The minimum atomic E-state index is -0.339. The molecule has 1 aromatic heterocycles. The number of nitrogens with zero attached hydrogens (tertiary/aromatic N) is 2. The quantitative estimate of drug-likeness (QED) is 0.644. The molecule has 0 atom stereocenters. The molecule has 4 nitrogen and oxygen atoms in total. The van der Waals surface area contributed by atoms with Gasteiger partial charge in [-0.25, -0.2) is 4.90 Å². The van der Waals surface area contributed by atoms with Crippen LogP contribution in [0.25, 0.3) is 10.9 Å². The minimum Gasteiger partial charge on any atom is -0.343 e. The summed E-state index contributed by atoms with van der Waals surface area (Å²) in [5, 5.41) is 0.584. The van der Waals surface area contributed by atoms with E-state index in [-0.39, 0.29) is 16.1 Å². The second kappa shape index (κ2) is 5.93. The third-order valence-corrected chi connectivity index (χ3v) is 5.08.